The minimum atomic E-state index is 0.0637. The van der Waals surface area contributed by atoms with Gasteiger partial charge in [0.05, 0.1) is 0 Å². The molecular weight excluding hydrogens is 228 g/mol. The maximum Gasteiger partial charge on any atom is 0.0146 e. The van der Waals surface area contributed by atoms with Gasteiger partial charge in [-0.15, -0.1) is 0 Å². The molecule has 100 valence electrons. The van der Waals surface area contributed by atoms with E-state index in [0.29, 0.717) is 5.92 Å². The van der Waals surface area contributed by atoms with E-state index < -0.39 is 0 Å². The Kier molecular flexibility index (Phi) is 4.09. The van der Waals surface area contributed by atoms with Gasteiger partial charge in [0.15, 0.2) is 0 Å². The molecule has 0 nitrogen and oxygen atoms in total. The zero-order valence-electron chi connectivity index (χ0n) is 12.5. The Bertz CT molecular complexity index is 521. The lowest BCUT2D eigenvalue weighted by molar-refractivity contribution is 0.627. The van der Waals surface area contributed by atoms with Crippen molar-refractivity contribution in [1.29, 1.82) is 0 Å². The van der Waals surface area contributed by atoms with E-state index in [1.54, 1.807) is 0 Å². The molecular formula is C19H24. The second kappa shape index (κ2) is 5.61. The Labute approximate surface area is 117 Å². The van der Waals surface area contributed by atoms with E-state index in [1.165, 1.54) is 16.7 Å². The highest BCUT2D eigenvalue weighted by molar-refractivity contribution is 5.39. The molecule has 19 heavy (non-hydrogen) atoms. The first kappa shape index (κ1) is 13.9. The fourth-order valence-corrected chi connectivity index (χ4v) is 2.58. The summed E-state index contributed by atoms with van der Waals surface area (Å²) >= 11 is 0. The molecule has 0 atom stereocenters. The summed E-state index contributed by atoms with van der Waals surface area (Å²) in [5.74, 6) is 0.704. The van der Waals surface area contributed by atoms with Crippen molar-refractivity contribution < 1.29 is 0 Å². The van der Waals surface area contributed by atoms with E-state index in [4.69, 9.17) is 0 Å². The van der Waals surface area contributed by atoms with Crippen molar-refractivity contribution >= 4 is 0 Å². The molecule has 2 aromatic rings. The molecule has 0 fully saturated rings. The summed E-state index contributed by atoms with van der Waals surface area (Å²) in [6, 6.07) is 19.8. The molecule has 0 heterocycles. The fourth-order valence-electron chi connectivity index (χ4n) is 2.58. The first-order valence-electron chi connectivity index (χ1n) is 7.15. The van der Waals surface area contributed by atoms with Gasteiger partial charge >= 0.3 is 0 Å². The second-order valence-corrected chi connectivity index (χ2v) is 6.29. The van der Waals surface area contributed by atoms with Crippen LogP contribution in [-0.4, -0.2) is 0 Å². The highest BCUT2D eigenvalue weighted by atomic mass is 14.3. The van der Waals surface area contributed by atoms with E-state index in [0.717, 1.165) is 6.42 Å². The quantitative estimate of drug-likeness (QED) is 0.700. The average Bonchev–Trinajstić information content (AvgIpc) is 2.39. The maximum atomic E-state index is 2.37. The fraction of sp³-hybridized carbons (Fsp3) is 0.368. The second-order valence-electron chi connectivity index (χ2n) is 6.29. The molecule has 2 aromatic carbocycles. The van der Waals surface area contributed by atoms with E-state index in [-0.39, 0.29) is 5.41 Å². The maximum absolute atomic E-state index is 2.37. The zero-order valence-corrected chi connectivity index (χ0v) is 12.5. The Morgan fingerprint density at radius 3 is 2.11 bits per heavy atom. The third-order valence-electron chi connectivity index (χ3n) is 3.79. The van der Waals surface area contributed by atoms with Crippen LogP contribution >= 0.6 is 0 Å². The SMILES string of the molecule is CC(C)Cc1cccc(C(C)(C)c2ccccc2)c1. The van der Waals surface area contributed by atoms with Crippen molar-refractivity contribution in [3.8, 4) is 0 Å². The lowest BCUT2D eigenvalue weighted by Gasteiger charge is -2.26. The lowest BCUT2D eigenvalue weighted by atomic mass is 9.77. The molecule has 0 radical (unpaired) electrons. The van der Waals surface area contributed by atoms with Crippen LogP contribution in [0.1, 0.15) is 44.4 Å². The highest BCUT2D eigenvalue weighted by Gasteiger charge is 2.22. The molecule has 0 aromatic heterocycles. The van der Waals surface area contributed by atoms with Gasteiger partial charge in [-0.3, -0.25) is 0 Å². The predicted octanol–water partition coefficient (Wildman–Crippen LogP) is 5.21. The van der Waals surface area contributed by atoms with E-state index in [9.17, 15) is 0 Å². The van der Waals surface area contributed by atoms with Gasteiger partial charge < -0.3 is 0 Å². The summed E-state index contributed by atoms with van der Waals surface area (Å²) in [5.41, 5.74) is 4.28. The Balaban J connectivity index is 2.35. The van der Waals surface area contributed by atoms with Crippen LogP contribution < -0.4 is 0 Å². The van der Waals surface area contributed by atoms with Crippen LogP contribution in [0.3, 0.4) is 0 Å². The largest absolute Gasteiger partial charge is 0.0625 e. The summed E-state index contributed by atoms with van der Waals surface area (Å²) in [6.07, 6.45) is 1.15. The van der Waals surface area contributed by atoms with Crippen LogP contribution in [0.15, 0.2) is 54.6 Å². The van der Waals surface area contributed by atoms with Crippen LogP contribution in [0.25, 0.3) is 0 Å². The smallest absolute Gasteiger partial charge is 0.0146 e. The third kappa shape index (κ3) is 3.26. The topological polar surface area (TPSA) is 0 Å². The number of benzene rings is 2. The molecule has 0 N–H and O–H groups in total. The summed E-state index contributed by atoms with van der Waals surface area (Å²) in [4.78, 5) is 0. The van der Waals surface area contributed by atoms with E-state index in [1.807, 2.05) is 0 Å². The molecule has 2 rings (SSSR count). The van der Waals surface area contributed by atoms with Crippen molar-refractivity contribution in [3.05, 3.63) is 71.3 Å². The minimum absolute atomic E-state index is 0.0637. The molecule has 0 unspecified atom stereocenters. The van der Waals surface area contributed by atoms with Gasteiger partial charge in [-0.05, 0) is 29.0 Å². The predicted molar refractivity (Wildman–Crippen MR) is 83.6 cm³/mol. The van der Waals surface area contributed by atoms with Gasteiger partial charge in [0.25, 0.3) is 0 Å². The molecule has 0 saturated carbocycles. The lowest BCUT2D eigenvalue weighted by Crippen LogP contribution is -2.19. The summed E-state index contributed by atoms with van der Waals surface area (Å²) in [6.45, 7) is 9.15. The van der Waals surface area contributed by atoms with Gasteiger partial charge in [0, 0.05) is 5.41 Å². The van der Waals surface area contributed by atoms with Gasteiger partial charge in [-0.2, -0.15) is 0 Å². The highest BCUT2D eigenvalue weighted by Crippen LogP contribution is 2.31. The van der Waals surface area contributed by atoms with Crippen molar-refractivity contribution in [2.75, 3.05) is 0 Å². The molecule has 0 amide bonds. The summed E-state index contributed by atoms with van der Waals surface area (Å²) < 4.78 is 0. The van der Waals surface area contributed by atoms with Gasteiger partial charge in [-0.25, -0.2) is 0 Å². The Morgan fingerprint density at radius 1 is 0.842 bits per heavy atom. The monoisotopic (exact) mass is 252 g/mol. The van der Waals surface area contributed by atoms with Gasteiger partial charge in [0.1, 0.15) is 0 Å². The first-order valence-corrected chi connectivity index (χ1v) is 7.15. The van der Waals surface area contributed by atoms with Crippen molar-refractivity contribution in [1.82, 2.24) is 0 Å². The van der Waals surface area contributed by atoms with Crippen LogP contribution in [0.4, 0.5) is 0 Å². The van der Waals surface area contributed by atoms with Gasteiger partial charge in [0.2, 0.25) is 0 Å². The minimum Gasteiger partial charge on any atom is -0.0625 e. The molecule has 0 aliphatic heterocycles. The van der Waals surface area contributed by atoms with Crippen molar-refractivity contribution in [3.63, 3.8) is 0 Å². The molecule has 0 aliphatic rings. The van der Waals surface area contributed by atoms with Crippen LogP contribution in [-0.2, 0) is 11.8 Å². The zero-order chi connectivity index (χ0) is 13.9. The van der Waals surface area contributed by atoms with Gasteiger partial charge in [-0.1, -0.05) is 82.3 Å². The Hall–Kier alpha value is -1.56. The standard InChI is InChI=1S/C19H24/c1-15(2)13-16-9-8-12-18(14-16)19(3,4)17-10-6-5-7-11-17/h5-12,14-15H,13H2,1-4H3. The number of rotatable bonds is 4. The average molecular weight is 252 g/mol. The molecule has 0 saturated heterocycles. The molecule has 0 heteroatoms. The van der Waals surface area contributed by atoms with E-state index in [2.05, 4.69) is 82.3 Å². The number of hydrogen-bond donors (Lipinski definition) is 0. The van der Waals surface area contributed by atoms with Crippen molar-refractivity contribution in [2.45, 2.75) is 39.5 Å². The first-order chi connectivity index (χ1) is 9.00. The Morgan fingerprint density at radius 2 is 1.47 bits per heavy atom. The van der Waals surface area contributed by atoms with Crippen LogP contribution in [0, 0.1) is 5.92 Å². The molecule has 0 aliphatic carbocycles. The van der Waals surface area contributed by atoms with Crippen molar-refractivity contribution in [2.24, 2.45) is 5.92 Å². The van der Waals surface area contributed by atoms with Crippen LogP contribution in [0.2, 0.25) is 0 Å². The van der Waals surface area contributed by atoms with E-state index >= 15 is 0 Å². The van der Waals surface area contributed by atoms with Crippen LogP contribution in [0.5, 0.6) is 0 Å². The normalized spacial score (nSPS) is 11.8. The number of hydrogen-bond acceptors (Lipinski definition) is 0. The third-order valence-corrected chi connectivity index (χ3v) is 3.79. The summed E-state index contributed by atoms with van der Waals surface area (Å²) in [5, 5.41) is 0. The molecule has 0 spiro atoms. The molecule has 0 bridgehead atoms. The summed E-state index contributed by atoms with van der Waals surface area (Å²) in [7, 11) is 0.